The fourth-order valence-corrected chi connectivity index (χ4v) is 3.80. The lowest BCUT2D eigenvalue weighted by atomic mass is 10.2. The Morgan fingerprint density at radius 3 is 2.41 bits per heavy atom. The number of anilines is 1. The van der Waals surface area contributed by atoms with Crippen LogP contribution in [0.5, 0.6) is 0 Å². The van der Waals surface area contributed by atoms with E-state index in [1.54, 1.807) is 48.8 Å². The molecule has 34 heavy (non-hydrogen) atoms. The van der Waals surface area contributed by atoms with Crippen molar-refractivity contribution < 1.29 is 4.79 Å². The molecule has 0 unspecified atom stereocenters. The van der Waals surface area contributed by atoms with Crippen molar-refractivity contribution in [2.24, 2.45) is 0 Å². The van der Waals surface area contributed by atoms with Crippen molar-refractivity contribution >= 4 is 17.2 Å². The molecule has 0 aliphatic carbocycles. The van der Waals surface area contributed by atoms with Crippen LogP contribution in [0.2, 0.25) is 0 Å². The third-order valence-corrected chi connectivity index (χ3v) is 5.47. The molecule has 8 nitrogen and oxygen atoms in total. The van der Waals surface area contributed by atoms with Gasteiger partial charge in [-0.2, -0.15) is 0 Å². The van der Waals surface area contributed by atoms with Crippen molar-refractivity contribution in [2.45, 2.75) is 13.1 Å². The Hall–Kier alpha value is -4.72. The predicted octanol–water partition coefficient (Wildman–Crippen LogP) is 3.01. The van der Waals surface area contributed by atoms with Crippen molar-refractivity contribution in [1.82, 2.24) is 18.7 Å². The van der Waals surface area contributed by atoms with Crippen LogP contribution in [0.15, 0.2) is 107 Å². The summed E-state index contributed by atoms with van der Waals surface area (Å²) < 4.78 is 4.35. The first-order valence-electron chi connectivity index (χ1n) is 10.8. The maximum Gasteiger partial charge on any atom is 0.350 e. The summed E-state index contributed by atoms with van der Waals surface area (Å²) in [6.07, 6.45) is 3.33. The minimum Gasteiger partial charge on any atom is -0.322 e. The van der Waals surface area contributed by atoms with Crippen molar-refractivity contribution in [3.8, 4) is 0 Å². The van der Waals surface area contributed by atoms with E-state index in [-0.39, 0.29) is 23.4 Å². The van der Waals surface area contributed by atoms with Gasteiger partial charge in [-0.1, -0.05) is 48.5 Å². The molecule has 5 rings (SSSR count). The molecule has 3 heterocycles. The van der Waals surface area contributed by atoms with E-state index >= 15 is 0 Å². The van der Waals surface area contributed by atoms with Crippen molar-refractivity contribution in [3.05, 3.63) is 135 Å². The van der Waals surface area contributed by atoms with E-state index in [1.807, 2.05) is 42.5 Å². The Kier molecular flexibility index (Phi) is 5.61. The molecule has 5 aromatic rings. The second-order valence-corrected chi connectivity index (χ2v) is 7.86. The Morgan fingerprint density at radius 1 is 0.794 bits per heavy atom. The minimum atomic E-state index is -0.491. The summed E-state index contributed by atoms with van der Waals surface area (Å²) in [7, 11) is 0. The normalized spacial score (nSPS) is 10.9. The van der Waals surface area contributed by atoms with Gasteiger partial charge in [0.05, 0.1) is 13.1 Å². The number of hydrogen-bond donors (Lipinski definition) is 1. The summed E-state index contributed by atoms with van der Waals surface area (Å²) in [5.41, 5.74) is 2.30. The van der Waals surface area contributed by atoms with Gasteiger partial charge >= 0.3 is 5.69 Å². The predicted molar refractivity (Wildman–Crippen MR) is 129 cm³/mol. The van der Waals surface area contributed by atoms with Crippen LogP contribution in [0.25, 0.3) is 5.65 Å². The van der Waals surface area contributed by atoms with E-state index < -0.39 is 5.91 Å². The second-order valence-electron chi connectivity index (χ2n) is 7.86. The van der Waals surface area contributed by atoms with Crippen LogP contribution < -0.4 is 16.6 Å². The molecular formula is C26H21N5O3. The quantitative estimate of drug-likeness (QED) is 0.430. The number of aromatic nitrogens is 4. The first-order chi connectivity index (χ1) is 16.6. The van der Waals surface area contributed by atoms with Crippen LogP contribution in [0.4, 0.5) is 5.69 Å². The molecule has 168 valence electrons. The van der Waals surface area contributed by atoms with Crippen LogP contribution in [0.1, 0.15) is 21.5 Å². The second kappa shape index (κ2) is 9.03. The average Bonchev–Trinajstić information content (AvgIpc) is 3.16. The zero-order chi connectivity index (χ0) is 23.5. The van der Waals surface area contributed by atoms with E-state index in [1.165, 1.54) is 19.7 Å². The lowest BCUT2D eigenvalue weighted by molar-refractivity contribution is 0.102. The Morgan fingerprint density at radius 2 is 1.59 bits per heavy atom. The molecule has 0 radical (unpaired) electrons. The fourth-order valence-electron chi connectivity index (χ4n) is 3.80. The number of nitrogens with one attached hydrogen (secondary N) is 1. The minimum absolute atomic E-state index is 0.0559. The number of nitrogens with zero attached hydrogens (tertiary/aromatic N) is 4. The lowest BCUT2D eigenvalue weighted by Gasteiger charge is -2.10. The van der Waals surface area contributed by atoms with Gasteiger partial charge in [0, 0.05) is 18.1 Å². The molecule has 1 amide bonds. The highest BCUT2D eigenvalue weighted by molar-refractivity contribution is 6.04. The highest BCUT2D eigenvalue weighted by Gasteiger charge is 2.13. The summed E-state index contributed by atoms with van der Waals surface area (Å²) in [5, 5.41) is 7.13. The van der Waals surface area contributed by atoms with Gasteiger partial charge in [0.1, 0.15) is 5.56 Å². The average molecular weight is 451 g/mol. The maximum atomic E-state index is 12.9. The monoisotopic (exact) mass is 451 g/mol. The van der Waals surface area contributed by atoms with Gasteiger partial charge in [0.15, 0.2) is 5.65 Å². The summed E-state index contributed by atoms with van der Waals surface area (Å²) in [6.45, 7) is 0.628. The van der Waals surface area contributed by atoms with E-state index in [0.717, 1.165) is 11.1 Å². The van der Waals surface area contributed by atoms with E-state index in [2.05, 4.69) is 10.4 Å². The third kappa shape index (κ3) is 4.29. The fraction of sp³-hybridized carbons (Fsp3) is 0.0769. The van der Waals surface area contributed by atoms with Crippen molar-refractivity contribution in [1.29, 1.82) is 0 Å². The first kappa shape index (κ1) is 21.1. The SMILES string of the molecule is O=C(Nc1cccc(Cn2nc3ccccn3c2=O)c1)c1cccn(Cc2ccccc2)c1=O. The number of fused-ring (bicyclic) bond motifs is 1. The molecule has 0 saturated heterocycles. The molecule has 1 N–H and O–H groups in total. The molecule has 2 aromatic carbocycles. The number of pyridine rings is 2. The molecular weight excluding hydrogens is 430 g/mol. The summed E-state index contributed by atoms with van der Waals surface area (Å²) >= 11 is 0. The largest absolute Gasteiger partial charge is 0.350 e. The third-order valence-electron chi connectivity index (χ3n) is 5.47. The van der Waals surface area contributed by atoms with Gasteiger partial charge in [0.25, 0.3) is 11.5 Å². The van der Waals surface area contributed by atoms with Crippen LogP contribution in [-0.4, -0.2) is 24.7 Å². The van der Waals surface area contributed by atoms with Crippen LogP contribution in [0, 0.1) is 0 Å². The zero-order valence-electron chi connectivity index (χ0n) is 18.2. The number of amides is 1. The number of hydrogen-bond acceptors (Lipinski definition) is 4. The number of rotatable bonds is 6. The first-order valence-corrected chi connectivity index (χ1v) is 10.8. The van der Waals surface area contributed by atoms with E-state index in [4.69, 9.17) is 0 Å². The Labute approximate surface area is 194 Å². The lowest BCUT2D eigenvalue weighted by Crippen LogP contribution is -2.29. The van der Waals surface area contributed by atoms with Gasteiger partial charge in [-0.3, -0.25) is 14.0 Å². The maximum absolute atomic E-state index is 12.9. The van der Waals surface area contributed by atoms with Crippen LogP contribution in [0.3, 0.4) is 0 Å². The molecule has 0 bridgehead atoms. The Balaban J connectivity index is 1.35. The van der Waals surface area contributed by atoms with Crippen LogP contribution in [-0.2, 0) is 13.1 Å². The molecule has 3 aromatic heterocycles. The van der Waals surface area contributed by atoms with Crippen LogP contribution >= 0.6 is 0 Å². The van der Waals surface area contributed by atoms with Gasteiger partial charge < -0.3 is 9.88 Å². The van der Waals surface area contributed by atoms with E-state index in [0.29, 0.717) is 17.9 Å². The summed E-state index contributed by atoms with van der Waals surface area (Å²) in [4.78, 5) is 38.3. The topological polar surface area (TPSA) is 90.4 Å². The molecule has 0 fully saturated rings. The van der Waals surface area contributed by atoms with E-state index in [9.17, 15) is 14.4 Å². The molecule has 0 spiro atoms. The van der Waals surface area contributed by atoms with Gasteiger partial charge in [-0.25, -0.2) is 9.48 Å². The van der Waals surface area contributed by atoms with Gasteiger partial charge in [0.2, 0.25) is 0 Å². The Bertz CT molecular complexity index is 1600. The number of carbonyl (C=O) groups excluding carboxylic acids is 1. The molecule has 0 atom stereocenters. The van der Waals surface area contributed by atoms with Crippen molar-refractivity contribution in [3.63, 3.8) is 0 Å². The zero-order valence-corrected chi connectivity index (χ0v) is 18.2. The number of carbonyl (C=O) groups is 1. The number of benzene rings is 2. The molecule has 0 saturated carbocycles. The molecule has 0 aliphatic heterocycles. The summed E-state index contributed by atoms with van der Waals surface area (Å²) in [6, 6.07) is 25.3. The van der Waals surface area contributed by atoms with Crippen molar-refractivity contribution in [2.75, 3.05) is 5.32 Å². The summed E-state index contributed by atoms with van der Waals surface area (Å²) in [5.74, 6) is -0.491. The standard InChI is InChI=1S/C26H21N5O3/c32-24(22-12-7-14-29(25(22)33)17-19-8-2-1-3-9-19)27-21-11-6-10-20(16-21)18-31-26(34)30-15-5-4-13-23(30)28-31/h1-16H,17-18H2,(H,27,32). The smallest absolute Gasteiger partial charge is 0.322 e. The van der Waals surface area contributed by atoms with Gasteiger partial charge in [-0.15, -0.1) is 5.10 Å². The highest BCUT2D eigenvalue weighted by Crippen LogP contribution is 2.13. The highest BCUT2D eigenvalue weighted by atomic mass is 16.2. The molecule has 0 aliphatic rings. The molecule has 8 heteroatoms. The van der Waals surface area contributed by atoms with Gasteiger partial charge in [-0.05, 0) is 47.5 Å².